The molecule has 1 rings (SSSR count). The molecule has 0 saturated carbocycles. The fourth-order valence-corrected chi connectivity index (χ4v) is 1.32. The molecule has 0 aliphatic carbocycles. The van der Waals surface area contributed by atoms with E-state index in [4.69, 9.17) is 11.6 Å². The van der Waals surface area contributed by atoms with E-state index in [1.807, 2.05) is 0 Å². The molecule has 0 spiro atoms. The van der Waals surface area contributed by atoms with Gasteiger partial charge in [0.2, 0.25) is 5.91 Å². The standard InChI is InChI=1S/C11H10ClF3N2O2/c12-5-8(18)16-3-4-17-11(19)6-1-2-7(13)10(15)9(6)14/h1-2H,3-5H2,(H,16,18)(H,17,19). The Balaban J connectivity index is 2.55. The quantitative estimate of drug-likeness (QED) is 0.487. The lowest BCUT2D eigenvalue weighted by Gasteiger charge is -2.07. The molecule has 0 aliphatic heterocycles. The number of hydrogen-bond donors (Lipinski definition) is 2. The first kappa shape index (κ1) is 15.3. The summed E-state index contributed by atoms with van der Waals surface area (Å²) in [6.45, 7) is 0.0858. The van der Waals surface area contributed by atoms with Gasteiger partial charge in [0.15, 0.2) is 17.5 Å². The minimum absolute atomic E-state index is 0.000101. The van der Waals surface area contributed by atoms with Crippen molar-refractivity contribution in [1.29, 1.82) is 0 Å². The predicted molar refractivity (Wildman–Crippen MR) is 62.4 cm³/mol. The third-order valence-corrected chi connectivity index (χ3v) is 2.38. The van der Waals surface area contributed by atoms with E-state index in [0.717, 1.165) is 6.07 Å². The Morgan fingerprint density at radius 3 is 2.32 bits per heavy atom. The Bertz CT molecular complexity index is 497. The van der Waals surface area contributed by atoms with Crippen LogP contribution in [0.4, 0.5) is 13.2 Å². The molecule has 19 heavy (non-hydrogen) atoms. The number of carbonyl (C=O) groups excluding carboxylic acids is 2. The topological polar surface area (TPSA) is 58.2 Å². The lowest BCUT2D eigenvalue weighted by Crippen LogP contribution is -2.35. The van der Waals surface area contributed by atoms with E-state index in [1.54, 1.807) is 0 Å². The third kappa shape index (κ3) is 4.13. The molecule has 0 unspecified atom stereocenters. The summed E-state index contributed by atoms with van der Waals surface area (Å²) >= 11 is 5.22. The molecule has 0 radical (unpaired) electrons. The van der Waals surface area contributed by atoms with Crippen LogP contribution in [-0.2, 0) is 4.79 Å². The second kappa shape index (κ2) is 6.98. The zero-order chi connectivity index (χ0) is 14.4. The molecular formula is C11H10ClF3N2O2. The van der Waals surface area contributed by atoms with Crippen LogP contribution in [0.3, 0.4) is 0 Å². The molecule has 4 nitrogen and oxygen atoms in total. The van der Waals surface area contributed by atoms with E-state index in [2.05, 4.69) is 10.6 Å². The summed E-state index contributed by atoms with van der Waals surface area (Å²) in [7, 11) is 0. The Labute approximate surface area is 111 Å². The van der Waals surface area contributed by atoms with Gasteiger partial charge >= 0.3 is 0 Å². The van der Waals surface area contributed by atoms with Gasteiger partial charge in [-0.3, -0.25) is 9.59 Å². The molecule has 0 aromatic heterocycles. The summed E-state index contributed by atoms with van der Waals surface area (Å²) in [5.74, 6) is -6.17. The second-order valence-electron chi connectivity index (χ2n) is 3.46. The molecule has 0 aliphatic rings. The Morgan fingerprint density at radius 1 is 1.05 bits per heavy atom. The van der Waals surface area contributed by atoms with Gasteiger partial charge in [-0.05, 0) is 12.1 Å². The summed E-state index contributed by atoms with van der Waals surface area (Å²) < 4.78 is 38.8. The summed E-state index contributed by atoms with van der Waals surface area (Å²) in [5.41, 5.74) is -0.609. The summed E-state index contributed by atoms with van der Waals surface area (Å²) in [6.07, 6.45) is 0. The minimum Gasteiger partial charge on any atom is -0.353 e. The molecule has 104 valence electrons. The SMILES string of the molecule is O=C(CCl)NCCNC(=O)c1ccc(F)c(F)c1F. The van der Waals surface area contributed by atoms with E-state index < -0.39 is 34.8 Å². The third-order valence-electron chi connectivity index (χ3n) is 2.13. The van der Waals surface area contributed by atoms with E-state index in [0.29, 0.717) is 6.07 Å². The largest absolute Gasteiger partial charge is 0.353 e. The molecular weight excluding hydrogens is 285 g/mol. The highest BCUT2D eigenvalue weighted by Gasteiger charge is 2.18. The molecule has 1 aromatic rings. The van der Waals surface area contributed by atoms with Gasteiger partial charge < -0.3 is 10.6 Å². The monoisotopic (exact) mass is 294 g/mol. The molecule has 0 fully saturated rings. The van der Waals surface area contributed by atoms with Crippen molar-refractivity contribution in [2.45, 2.75) is 0 Å². The van der Waals surface area contributed by atoms with Crippen molar-refractivity contribution in [2.24, 2.45) is 0 Å². The Morgan fingerprint density at radius 2 is 1.68 bits per heavy atom. The number of rotatable bonds is 5. The molecule has 0 bridgehead atoms. The number of carbonyl (C=O) groups is 2. The van der Waals surface area contributed by atoms with E-state index in [9.17, 15) is 22.8 Å². The first-order valence-corrected chi connectivity index (χ1v) is 5.75. The highest BCUT2D eigenvalue weighted by molar-refractivity contribution is 6.27. The van der Waals surface area contributed by atoms with Gasteiger partial charge in [0.25, 0.3) is 5.91 Å². The minimum atomic E-state index is -1.71. The molecule has 0 atom stereocenters. The maximum Gasteiger partial charge on any atom is 0.254 e. The number of halogens is 4. The van der Waals surface area contributed by atoms with Crippen LogP contribution >= 0.6 is 11.6 Å². The fourth-order valence-electron chi connectivity index (χ4n) is 1.22. The van der Waals surface area contributed by atoms with Crippen molar-refractivity contribution >= 4 is 23.4 Å². The van der Waals surface area contributed by atoms with Crippen LogP contribution in [0.15, 0.2) is 12.1 Å². The van der Waals surface area contributed by atoms with Crippen LogP contribution in [0.1, 0.15) is 10.4 Å². The molecule has 2 N–H and O–H groups in total. The molecule has 1 aromatic carbocycles. The van der Waals surface area contributed by atoms with Gasteiger partial charge in [-0.2, -0.15) is 0 Å². The van der Waals surface area contributed by atoms with Crippen molar-refractivity contribution in [3.63, 3.8) is 0 Å². The highest BCUT2D eigenvalue weighted by Crippen LogP contribution is 2.14. The smallest absolute Gasteiger partial charge is 0.254 e. The fraction of sp³-hybridized carbons (Fsp3) is 0.273. The van der Waals surface area contributed by atoms with Gasteiger partial charge in [-0.25, -0.2) is 13.2 Å². The van der Waals surface area contributed by atoms with Crippen LogP contribution < -0.4 is 10.6 Å². The van der Waals surface area contributed by atoms with Crippen molar-refractivity contribution in [3.05, 3.63) is 35.1 Å². The van der Waals surface area contributed by atoms with Crippen LogP contribution in [-0.4, -0.2) is 30.8 Å². The van der Waals surface area contributed by atoms with Gasteiger partial charge in [0.1, 0.15) is 5.88 Å². The van der Waals surface area contributed by atoms with E-state index in [-0.39, 0.29) is 19.0 Å². The Kier molecular flexibility index (Phi) is 5.62. The van der Waals surface area contributed by atoms with E-state index in [1.165, 1.54) is 0 Å². The maximum atomic E-state index is 13.2. The first-order chi connectivity index (χ1) is 8.97. The van der Waals surface area contributed by atoms with Gasteiger partial charge in [-0.1, -0.05) is 0 Å². The second-order valence-corrected chi connectivity index (χ2v) is 3.73. The average Bonchev–Trinajstić information content (AvgIpc) is 2.40. The van der Waals surface area contributed by atoms with Gasteiger partial charge in [0, 0.05) is 13.1 Å². The van der Waals surface area contributed by atoms with Gasteiger partial charge in [0.05, 0.1) is 5.56 Å². The average molecular weight is 295 g/mol. The number of hydrogen-bond acceptors (Lipinski definition) is 2. The Hall–Kier alpha value is -1.76. The van der Waals surface area contributed by atoms with Crippen LogP contribution in [0, 0.1) is 17.5 Å². The van der Waals surface area contributed by atoms with Crippen molar-refractivity contribution < 1.29 is 22.8 Å². The number of benzene rings is 1. The lowest BCUT2D eigenvalue weighted by molar-refractivity contribution is -0.118. The predicted octanol–water partition coefficient (Wildman–Crippen LogP) is 1.19. The first-order valence-electron chi connectivity index (χ1n) is 5.21. The summed E-state index contributed by atoms with van der Waals surface area (Å²) in [4.78, 5) is 22.2. The molecule has 2 amide bonds. The number of amides is 2. The number of alkyl halides is 1. The molecule has 8 heteroatoms. The van der Waals surface area contributed by atoms with Crippen molar-refractivity contribution in [3.8, 4) is 0 Å². The van der Waals surface area contributed by atoms with Crippen LogP contribution in [0.2, 0.25) is 0 Å². The number of nitrogens with one attached hydrogen (secondary N) is 2. The van der Waals surface area contributed by atoms with Gasteiger partial charge in [-0.15, -0.1) is 11.6 Å². The summed E-state index contributed by atoms with van der Waals surface area (Å²) in [6, 6.07) is 1.49. The highest BCUT2D eigenvalue weighted by atomic mass is 35.5. The van der Waals surface area contributed by atoms with Crippen LogP contribution in [0.25, 0.3) is 0 Å². The molecule has 0 heterocycles. The van der Waals surface area contributed by atoms with Crippen LogP contribution in [0.5, 0.6) is 0 Å². The zero-order valence-corrected chi connectivity index (χ0v) is 10.4. The van der Waals surface area contributed by atoms with E-state index >= 15 is 0 Å². The molecule has 0 saturated heterocycles. The van der Waals surface area contributed by atoms with Crippen molar-refractivity contribution in [1.82, 2.24) is 10.6 Å². The van der Waals surface area contributed by atoms with Crippen molar-refractivity contribution in [2.75, 3.05) is 19.0 Å². The zero-order valence-electron chi connectivity index (χ0n) is 9.60. The summed E-state index contributed by atoms with van der Waals surface area (Å²) in [5, 5.41) is 4.60. The lowest BCUT2D eigenvalue weighted by atomic mass is 10.2. The maximum absolute atomic E-state index is 13.2. The normalized spacial score (nSPS) is 10.1.